The first-order chi connectivity index (χ1) is 8.18. The first kappa shape index (κ1) is 13.2. The lowest BCUT2D eigenvalue weighted by Crippen LogP contribution is -2.41. The molecule has 0 aromatic heterocycles. The van der Waals surface area contributed by atoms with Crippen LogP contribution in [0.2, 0.25) is 0 Å². The molecule has 2 fully saturated rings. The van der Waals surface area contributed by atoms with Crippen LogP contribution in [0.4, 0.5) is 0 Å². The van der Waals surface area contributed by atoms with E-state index in [-0.39, 0.29) is 11.9 Å². The summed E-state index contributed by atoms with van der Waals surface area (Å²) in [4.78, 5) is 16.5. The van der Waals surface area contributed by atoms with Crippen molar-refractivity contribution in [3.8, 4) is 0 Å². The van der Waals surface area contributed by atoms with Crippen LogP contribution in [0.15, 0.2) is 0 Å². The zero-order valence-corrected chi connectivity index (χ0v) is 11.6. The average molecular weight is 257 g/mol. The fraction of sp³-hybridized carbons (Fsp3) is 0.917. The van der Waals surface area contributed by atoms with Crippen LogP contribution < -0.4 is 5.32 Å². The first-order valence-corrected chi connectivity index (χ1v) is 7.66. The SMILES string of the molecule is CC(C)C1NCN(CCN2CCSCC2)C1=O. The zero-order chi connectivity index (χ0) is 12.3. The molecule has 0 spiro atoms. The first-order valence-electron chi connectivity index (χ1n) is 6.51. The highest BCUT2D eigenvalue weighted by atomic mass is 32.2. The average Bonchev–Trinajstić information content (AvgIpc) is 2.69. The molecule has 1 unspecified atom stereocenters. The molecule has 5 heteroatoms. The molecule has 2 heterocycles. The molecule has 0 aliphatic carbocycles. The summed E-state index contributed by atoms with van der Waals surface area (Å²) >= 11 is 2.03. The molecule has 2 rings (SSSR count). The van der Waals surface area contributed by atoms with Crippen molar-refractivity contribution in [1.29, 1.82) is 0 Å². The quantitative estimate of drug-likeness (QED) is 0.793. The van der Waals surface area contributed by atoms with Crippen molar-refractivity contribution in [2.75, 3.05) is 44.4 Å². The summed E-state index contributed by atoms with van der Waals surface area (Å²) in [6.07, 6.45) is 0. The Morgan fingerprint density at radius 3 is 2.65 bits per heavy atom. The van der Waals surface area contributed by atoms with Gasteiger partial charge < -0.3 is 4.90 Å². The van der Waals surface area contributed by atoms with Gasteiger partial charge in [0, 0.05) is 37.7 Å². The van der Waals surface area contributed by atoms with Gasteiger partial charge in [0.05, 0.1) is 12.7 Å². The zero-order valence-electron chi connectivity index (χ0n) is 10.8. The molecule has 2 aliphatic rings. The van der Waals surface area contributed by atoms with Gasteiger partial charge in [0.15, 0.2) is 0 Å². The molecular weight excluding hydrogens is 234 g/mol. The maximum absolute atomic E-state index is 12.1. The van der Waals surface area contributed by atoms with E-state index < -0.39 is 0 Å². The van der Waals surface area contributed by atoms with E-state index in [1.165, 1.54) is 24.6 Å². The predicted molar refractivity (Wildman–Crippen MR) is 72.1 cm³/mol. The van der Waals surface area contributed by atoms with E-state index >= 15 is 0 Å². The number of hydrogen-bond acceptors (Lipinski definition) is 4. The minimum absolute atomic E-state index is 0.0342. The molecule has 0 saturated carbocycles. The van der Waals surface area contributed by atoms with Gasteiger partial charge in [-0.25, -0.2) is 0 Å². The van der Waals surface area contributed by atoms with Crippen molar-refractivity contribution in [2.45, 2.75) is 19.9 Å². The van der Waals surface area contributed by atoms with Gasteiger partial charge in [0.1, 0.15) is 0 Å². The van der Waals surface area contributed by atoms with Gasteiger partial charge >= 0.3 is 0 Å². The van der Waals surface area contributed by atoms with Gasteiger partial charge in [0.25, 0.3) is 0 Å². The van der Waals surface area contributed by atoms with Crippen molar-refractivity contribution in [2.24, 2.45) is 5.92 Å². The molecule has 0 aromatic carbocycles. The van der Waals surface area contributed by atoms with Gasteiger partial charge in [-0.3, -0.25) is 15.0 Å². The molecule has 2 aliphatic heterocycles. The molecule has 1 amide bonds. The van der Waals surface area contributed by atoms with E-state index in [1.807, 2.05) is 16.7 Å². The lowest BCUT2D eigenvalue weighted by molar-refractivity contribution is -0.129. The van der Waals surface area contributed by atoms with Gasteiger partial charge in [-0.05, 0) is 5.92 Å². The molecule has 0 radical (unpaired) electrons. The van der Waals surface area contributed by atoms with Crippen molar-refractivity contribution < 1.29 is 4.79 Å². The second-order valence-corrected chi connectivity index (χ2v) is 6.36. The van der Waals surface area contributed by atoms with Gasteiger partial charge in [-0.2, -0.15) is 11.8 Å². The van der Waals surface area contributed by atoms with E-state index in [0.29, 0.717) is 5.92 Å². The van der Waals surface area contributed by atoms with E-state index in [9.17, 15) is 4.79 Å². The fourth-order valence-electron chi connectivity index (χ4n) is 2.37. The number of amides is 1. The van der Waals surface area contributed by atoms with Crippen molar-refractivity contribution in [1.82, 2.24) is 15.1 Å². The van der Waals surface area contributed by atoms with Crippen LogP contribution in [0.25, 0.3) is 0 Å². The lowest BCUT2D eigenvalue weighted by Gasteiger charge is -2.28. The summed E-state index contributed by atoms with van der Waals surface area (Å²) in [5.41, 5.74) is 0. The normalized spacial score (nSPS) is 27.1. The van der Waals surface area contributed by atoms with Crippen LogP contribution in [0.1, 0.15) is 13.8 Å². The number of rotatable bonds is 4. The summed E-state index contributed by atoms with van der Waals surface area (Å²) in [5.74, 6) is 3.15. The van der Waals surface area contributed by atoms with Gasteiger partial charge in [0.2, 0.25) is 5.91 Å². The van der Waals surface area contributed by atoms with Crippen LogP contribution >= 0.6 is 11.8 Å². The molecule has 0 bridgehead atoms. The Morgan fingerprint density at radius 2 is 2.06 bits per heavy atom. The summed E-state index contributed by atoms with van der Waals surface area (Å²) < 4.78 is 0. The van der Waals surface area contributed by atoms with Crippen LogP contribution in [-0.2, 0) is 4.79 Å². The maximum atomic E-state index is 12.1. The van der Waals surface area contributed by atoms with Crippen LogP contribution in [-0.4, -0.2) is 66.1 Å². The van der Waals surface area contributed by atoms with Crippen LogP contribution in [0.5, 0.6) is 0 Å². The van der Waals surface area contributed by atoms with Gasteiger partial charge in [-0.15, -0.1) is 0 Å². The fourth-order valence-corrected chi connectivity index (χ4v) is 3.35. The minimum Gasteiger partial charge on any atom is -0.327 e. The Kier molecular flexibility index (Phi) is 4.70. The monoisotopic (exact) mass is 257 g/mol. The summed E-state index contributed by atoms with van der Waals surface area (Å²) in [6, 6.07) is 0.0342. The number of thioether (sulfide) groups is 1. The Balaban J connectivity index is 1.74. The Morgan fingerprint density at radius 1 is 1.35 bits per heavy atom. The third-order valence-corrected chi connectivity index (χ3v) is 4.48. The number of carbonyl (C=O) groups is 1. The lowest BCUT2D eigenvalue weighted by atomic mass is 10.1. The molecular formula is C12H23N3OS. The molecule has 1 atom stereocenters. The highest BCUT2D eigenvalue weighted by Crippen LogP contribution is 2.13. The van der Waals surface area contributed by atoms with E-state index in [2.05, 4.69) is 24.1 Å². The van der Waals surface area contributed by atoms with Crippen LogP contribution in [0, 0.1) is 5.92 Å². The minimum atomic E-state index is 0.0342. The summed E-state index contributed by atoms with van der Waals surface area (Å²) in [6.45, 7) is 9.17. The molecule has 2 saturated heterocycles. The molecule has 4 nitrogen and oxygen atoms in total. The number of carbonyl (C=O) groups excluding carboxylic acids is 1. The van der Waals surface area contributed by atoms with E-state index in [0.717, 1.165) is 19.8 Å². The molecule has 98 valence electrons. The van der Waals surface area contributed by atoms with Gasteiger partial charge in [-0.1, -0.05) is 13.8 Å². The Bertz CT molecular complexity index is 266. The molecule has 1 N–H and O–H groups in total. The summed E-state index contributed by atoms with van der Waals surface area (Å²) in [5, 5.41) is 3.30. The van der Waals surface area contributed by atoms with Crippen molar-refractivity contribution >= 4 is 17.7 Å². The molecule has 0 aromatic rings. The second kappa shape index (κ2) is 6.07. The molecule has 17 heavy (non-hydrogen) atoms. The highest BCUT2D eigenvalue weighted by molar-refractivity contribution is 7.99. The smallest absolute Gasteiger partial charge is 0.241 e. The predicted octanol–water partition coefficient (Wildman–Crippen LogP) is 0.449. The topological polar surface area (TPSA) is 35.6 Å². The Labute approximate surface area is 108 Å². The largest absolute Gasteiger partial charge is 0.327 e. The third-order valence-electron chi connectivity index (χ3n) is 3.54. The standard InChI is InChI=1S/C12H23N3OS/c1-10(2)11-12(16)15(9-13-11)4-3-14-5-7-17-8-6-14/h10-11,13H,3-9H2,1-2H3. The van der Waals surface area contributed by atoms with Crippen LogP contribution in [0.3, 0.4) is 0 Å². The van der Waals surface area contributed by atoms with Crippen molar-refractivity contribution in [3.05, 3.63) is 0 Å². The van der Waals surface area contributed by atoms with E-state index in [1.54, 1.807) is 0 Å². The Hall–Kier alpha value is -0.260. The second-order valence-electron chi connectivity index (χ2n) is 5.14. The number of hydrogen-bond donors (Lipinski definition) is 1. The van der Waals surface area contributed by atoms with E-state index in [4.69, 9.17) is 0 Å². The third kappa shape index (κ3) is 3.36. The van der Waals surface area contributed by atoms with Crippen molar-refractivity contribution in [3.63, 3.8) is 0 Å². The summed E-state index contributed by atoms with van der Waals surface area (Å²) in [7, 11) is 0. The maximum Gasteiger partial charge on any atom is 0.241 e. The number of nitrogens with one attached hydrogen (secondary N) is 1. The number of nitrogens with zero attached hydrogens (tertiary/aromatic N) is 2. The highest BCUT2D eigenvalue weighted by Gasteiger charge is 2.32.